The van der Waals surface area contributed by atoms with Crippen LogP contribution in [0.1, 0.15) is 12.0 Å². The van der Waals surface area contributed by atoms with Gasteiger partial charge in [-0.3, -0.25) is 0 Å². The molecule has 0 saturated carbocycles. The van der Waals surface area contributed by atoms with Crippen LogP contribution in [0.5, 0.6) is 5.75 Å². The Morgan fingerprint density at radius 3 is 2.88 bits per heavy atom. The Hall–Kier alpha value is 0.0400. The second-order valence-electron chi connectivity index (χ2n) is 3.61. The van der Waals surface area contributed by atoms with Gasteiger partial charge in [0.15, 0.2) is 0 Å². The summed E-state index contributed by atoms with van der Waals surface area (Å²) in [5, 5.41) is 1.83. The lowest BCUT2D eigenvalue weighted by atomic mass is 10.2. The highest BCUT2D eigenvalue weighted by atomic mass is 79.9. The Morgan fingerprint density at radius 1 is 1.44 bits per heavy atom. The van der Waals surface area contributed by atoms with Crippen molar-refractivity contribution in [2.75, 3.05) is 13.2 Å². The lowest BCUT2D eigenvalue weighted by Crippen LogP contribution is -2.16. The fraction of sp³-hybridized carbons (Fsp3) is 0.455. The van der Waals surface area contributed by atoms with Gasteiger partial charge < -0.3 is 9.47 Å². The summed E-state index contributed by atoms with van der Waals surface area (Å²) in [6, 6.07) is 3.55. The van der Waals surface area contributed by atoms with Crippen molar-refractivity contribution < 1.29 is 9.47 Å². The van der Waals surface area contributed by atoms with Crippen molar-refractivity contribution >= 4 is 39.1 Å². The Morgan fingerprint density at radius 2 is 2.25 bits per heavy atom. The van der Waals surface area contributed by atoms with Crippen LogP contribution in [0.3, 0.4) is 0 Å². The molecule has 0 radical (unpaired) electrons. The van der Waals surface area contributed by atoms with Gasteiger partial charge in [0.2, 0.25) is 0 Å². The first-order valence-electron chi connectivity index (χ1n) is 4.99. The molecular weight excluding hydrogens is 315 g/mol. The van der Waals surface area contributed by atoms with Crippen LogP contribution >= 0.6 is 39.1 Å². The standard InChI is InChI=1S/C11H11BrCl2O2/c12-5-7-3-8(13)4-10(14)11(7)16-9-1-2-15-6-9/h3-4,9H,1-2,5-6H2. The average Bonchev–Trinajstić information content (AvgIpc) is 2.74. The monoisotopic (exact) mass is 324 g/mol. The van der Waals surface area contributed by atoms with E-state index < -0.39 is 0 Å². The van der Waals surface area contributed by atoms with Gasteiger partial charge in [0, 0.05) is 22.3 Å². The molecule has 1 aromatic carbocycles. The molecule has 1 aliphatic rings. The van der Waals surface area contributed by atoms with Gasteiger partial charge in [-0.25, -0.2) is 0 Å². The topological polar surface area (TPSA) is 18.5 Å². The molecule has 1 aliphatic heterocycles. The Balaban J connectivity index is 2.23. The van der Waals surface area contributed by atoms with Crippen LogP contribution in [-0.4, -0.2) is 19.3 Å². The first-order valence-corrected chi connectivity index (χ1v) is 6.86. The van der Waals surface area contributed by atoms with E-state index in [9.17, 15) is 0 Å². The largest absolute Gasteiger partial charge is 0.486 e. The third-order valence-electron chi connectivity index (χ3n) is 2.40. The molecule has 0 amide bonds. The van der Waals surface area contributed by atoms with Gasteiger partial charge in [-0.1, -0.05) is 39.1 Å². The van der Waals surface area contributed by atoms with Crippen LogP contribution in [0, 0.1) is 0 Å². The summed E-state index contributed by atoms with van der Waals surface area (Å²) in [5.74, 6) is 0.707. The van der Waals surface area contributed by atoms with Crippen LogP contribution in [-0.2, 0) is 10.1 Å². The quantitative estimate of drug-likeness (QED) is 0.780. The highest BCUT2D eigenvalue weighted by Crippen LogP contribution is 2.35. The van der Waals surface area contributed by atoms with Crippen LogP contribution in [0.4, 0.5) is 0 Å². The van der Waals surface area contributed by atoms with E-state index in [-0.39, 0.29) is 6.10 Å². The molecule has 1 atom stereocenters. The average molecular weight is 326 g/mol. The molecular formula is C11H11BrCl2O2. The second kappa shape index (κ2) is 5.58. The summed E-state index contributed by atoms with van der Waals surface area (Å²) in [4.78, 5) is 0. The van der Waals surface area contributed by atoms with Gasteiger partial charge in [-0.2, -0.15) is 0 Å². The van der Waals surface area contributed by atoms with E-state index in [0.29, 0.717) is 27.7 Å². The Bertz CT molecular complexity index is 378. The van der Waals surface area contributed by atoms with Crippen molar-refractivity contribution in [1.29, 1.82) is 0 Å². The number of benzene rings is 1. The predicted octanol–water partition coefficient (Wildman–Crippen LogP) is 4.06. The molecule has 1 aromatic rings. The molecule has 0 spiro atoms. The SMILES string of the molecule is Clc1cc(Cl)c(OC2CCOC2)c(CBr)c1. The molecule has 1 saturated heterocycles. The summed E-state index contributed by atoms with van der Waals surface area (Å²) in [5.41, 5.74) is 0.962. The maximum absolute atomic E-state index is 6.12. The molecule has 5 heteroatoms. The minimum Gasteiger partial charge on any atom is -0.486 e. The number of ether oxygens (including phenoxy) is 2. The van der Waals surface area contributed by atoms with Crippen LogP contribution in [0.25, 0.3) is 0 Å². The van der Waals surface area contributed by atoms with E-state index in [0.717, 1.165) is 18.6 Å². The lowest BCUT2D eigenvalue weighted by Gasteiger charge is -2.16. The molecule has 1 fully saturated rings. The lowest BCUT2D eigenvalue weighted by molar-refractivity contribution is 0.141. The number of alkyl halides is 1. The zero-order valence-corrected chi connectivity index (χ0v) is 11.6. The molecule has 2 rings (SSSR count). The molecule has 1 unspecified atom stereocenters. The molecule has 2 nitrogen and oxygen atoms in total. The third-order valence-corrected chi connectivity index (χ3v) is 3.50. The van der Waals surface area contributed by atoms with E-state index in [1.807, 2.05) is 6.07 Å². The predicted molar refractivity (Wildman–Crippen MR) is 68.9 cm³/mol. The summed E-state index contributed by atoms with van der Waals surface area (Å²) >= 11 is 15.5. The van der Waals surface area contributed by atoms with Crippen LogP contribution in [0.2, 0.25) is 10.0 Å². The molecule has 0 N–H and O–H groups in total. The fourth-order valence-electron chi connectivity index (χ4n) is 1.62. The van der Waals surface area contributed by atoms with Crippen molar-refractivity contribution in [2.24, 2.45) is 0 Å². The first kappa shape index (κ1) is 12.5. The van der Waals surface area contributed by atoms with Crippen LogP contribution in [0.15, 0.2) is 12.1 Å². The minimum atomic E-state index is 0.0940. The highest BCUT2D eigenvalue weighted by molar-refractivity contribution is 9.08. The van der Waals surface area contributed by atoms with E-state index in [4.69, 9.17) is 32.7 Å². The number of rotatable bonds is 3. The summed E-state index contributed by atoms with van der Waals surface area (Å²) < 4.78 is 11.1. The number of hydrogen-bond acceptors (Lipinski definition) is 2. The highest BCUT2D eigenvalue weighted by Gasteiger charge is 2.20. The van der Waals surface area contributed by atoms with Gasteiger partial charge in [0.05, 0.1) is 18.2 Å². The van der Waals surface area contributed by atoms with Crippen molar-refractivity contribution in [3.63, 3.8) is 0 Å². The van der Waals surface area contributed by atoms with E-state index >= 15 is 0 Å². The zero-order valence-electron chi connectivity index (χ0n) is 8.51. The summed E-state index contributed by atoms with van der Waals surface area (Å²) in [6.45, 7) is 1.38. The summed E-state index contributed by atoms with van der Waals surface area (Å²) in [6.07, 6.45) is 0.997. The summed E-state index contributed by atoms with van der Waals surface area (Å²) in [7, 11) is 0. The molecule has 1 heterocycles. The smallest absolute Gasteiger partial charge is 0.142 e. The van der Waals surface area contributed by atoms with Gasteiger partial charge >= 0.3 is 0 Å². The van der Waals surface area contributed by atoms with Gasteiger partial charge in [-0.05, 0) is 12.1 Å². The molecule has 0 aromatic heterocycles. The van der Waals surface area contributed by atoms with Gasteiger partial charge in [0.25, 0.3) is 0 Å². The minimum absolute atomic E-state index is 0.0940. The fourth-order valence-corrected chi connectivity index (χ4v) is 2.61. The maximum atomic E-state index is 6.12. The van der Waals surface area contributed by atoms with Crippen molar-refractivity contribution in [2.45, 2.75) is 17.9 Å². The maximum Gasteiger partial charge on any atom is 0.142 e. The number of halogens is 3. The normalized spacial score (nSPS) is 20.1. The first-order chi connectivity index (χ1) is 7.70. The second-order valence-corrected chi connectivity index (χ2v) is 5.02. The van der Waals surface area contributed by atoms with Crippen LogP contribution < -0.4 is 4.74 Å². The zero-order chi connectivity index (χ0) is 11.5. The van der Waals surface area contributed by atoms with E-state index in [2.05, 4.69) is 15.9 Å². The van der Waals surface area contributed by atoms with E-state index in [1.54, 1.807) is 6.07 Å². The van der Waals surface area contributed by atoms with Crippen molar-refractivity contribution in [1.82, 2.24) is 0 Å². The Labute approximate surface area is 113 Å². The molecule has 0 aliphatic carbocycles. The Kier molecular flexibility index (Phi) is 4.36. The van der Waals surface area contributed by atoms with Gasteiger partial charge in [0.1, 0.15) is 11.9 Å². The number of hydrogen-bond donors (Lipinski definition) is 0. The molecule has 0 bridgehead atoms. The van der Waals surface area contributed by atoms with E-state index in [1.165, 1.54) is 0 Å². The third kappa shape index (κ3) is 2.83. The van der Waals surface area contributed by atoms with Gasteiger partial charge in [-0.15, -0.1) is 0 Å². The van der Waals surface area contributed by atoms with Crippen molar-refractivity contribution in [3.05, 3.63) is 27.7 Å². The molecule has 16 heavy (non-hydrogen) atoms. The molecule has 88 valence electrons. The van der Waals surface area contributed by atoms with Crippen molar-refractivity contribution in [3.8, 4) is 5.75 Å².